The van der Waals surface area contributed by atoms with E-state index in [1.165, 1.54) is 11.3 Å². The van der Waals surface area contributed by atoms with E-state index in [1.807, 2.05) is 42.6 Å². The number of hydrogen-bond donors (Lipinski definition) is 1. The molecule has 114 valence electrons. The second-order valence-electron chi connectivity index (χ2n) is 5.32. The van der Waals surface area contributed by atoms with Crippen molar-refractivity contribution in [2.24, 2.45) is 0 Å². The minimum atomic E-state index is 0.155. The van der Waals surface area contributed by atoms with Crippen LogP contribution in [0.25, 0.3) is 21.8 Å². The third-order valence-corrected chi connectivity index (χ3v) is 4.58. The van der Waals surface area contributed by atoms with Crippen molar-refractivity contribution >= 4 is 11.3 Å². The zero-order chi connectivity index (χ0) is 15.8. The van der Waals surface area contributed by atoms with Crippen LogP contribution in [0.15, 0.2) is 54.3 Å². The van der Waals surface area contributed by atoms with Crippen LogP contribution in [0.5, 0.6) is 0 Å². The summed E-state index contributed by atoms with van der Waals surface area (Å²) in [5.41, 5.74) is 5.18. The van der Waals surface area contributed by atoms with Gasteiger partial charge in [-0.1, -0.05) is 24.9 Å². The third-order valence-electron chi connectivity index (χ3n) is 3.69. The summed E-state index contributed by atoms with van der Waals surface area (Å²) in [5, 5.41) is 13.3. The fourth-order valence-electron chi connectivity index (χ4n) is 2.51. The number of rotatable bonds is 3. The first-order valence-electron chi connectivity index (χ1n) is 7.17. The standard InChI is InChI=1S/C18H13N3OS/c1-11-4-5-13-14(9-20-15(13)7-11)17(22)16-10-23-18(21-16)12-3-2-6-19-8-12/h2-10,22H,1H3/q-2. The van der Waals surface area contributed by atoms with Crippen LogP contribution in [0.3, 0.4) is 0 Å². The minimum Gasteiger partial charge on any atom is -0.412 e. The van der Waals surface area contributed by atoms with Gasteiger partial charge in [-0.25, -0.2) is 6.07 Å². The number of aromatic nitrogens is 3. The molecule has 0 spiro atoms. The Kier molecular flexibility index (Phi) is 3.37. The molecule has 0 atom stereocenters. The Morgan fingerprint density at radius 3 is 3.00 bits per heavy atom. The van der Waals surface area contributed by atoms with Gasteiger partial charge < -0.3 is 15.1 Å². The van der Waals surface area contributed by atoms with Crippen molar-refractivity contribution in [3.63, 3.8) is 0 Å². The molecule has 0 amide bonds. The maximum Gasteiger partial charge on any atom is 0.250 e. The molecule has 1 aliphatic carbocycles. The molecule has 0 unspecified atom stereocenters. The number of hydrogen-bond acceptors (Lipinski definition) is 4. The summed E-state index contributed by atoms with van der Waals surface area (Å²) in [6.45, 7) is 2.03. The Balaban J connectivity index is 1.69. The lowest BCUT2D eigenvalue weighted by atomic mass is 10.0. The highest BCUT2D eigenvalue weighted by atomic mass is 32.1. The Morgan fingerprint density at radius 2 is 2.17 bits per heavy atom. The van der Waals surface area contributed by atoms with Crippen molar-refractivity contribution in [1.29, 1.82) is 0 Å². The summed E-state index contributed by atoms with van der Waals surface area (Å²) >= 11 is 1.48. The minimum absolute atomic E-state index is 0.155. The van der Waals surface area contributed by atoms with Crippen LogP contribution in [0.1, 0.15) is 16.8 Å². The first-order valence-corrected chi connectivity index (χ1v) is 8.05. The molecule has 2 aromatic rings. The normalized spacial score (nSPS) is 11.0. The van der Waals surface area contributed by atoms with Gasteiger partial charge in [-0.3, -0.25) is 4.98 Å². The Bertz CT molecular complexity index is 913. The molecule has 4 rings (SSSR count). The highest BCUT2D eigenvalue weighted by molar-refractivity contribution is 7.13. The van der Waals surface area contributed by atoms with E-state index in [0.717, 1.165) is 27.4 Å². The highest BCUT2D eigenvalue weighted by Gasteiger charge is 2.14. The van der Waals surface area contributed by atoms with E-state index in [2.05, 4.69) is 15.0 Å². The number of aryl methyl sites for hydroxylation is 1. The molecule has 23 heavy (non-hydrogen) atoms. The molecule has 3 heterocycles. The van der Waals surface area contributed by atoms with Crippen molar-refractivity contribution in [3.8, 4) is 21.8 Å². The number of aliphatic hydroxyl groups is 1. The maximum atomic E-state index is 10.6. The summed E-state index contributed by atoms with van der Waals surface area (Å²) in [4.78, 5) is 13.0. The SMILES string of the molecule is C[c-]1ccc2c([C-](O)c3c[s+][c-](-c4cccnc4)n3)cnc-2c1. The monoisotopic (exact) mass is 319 g/mol. The lowest BCUT2D eigenvalue weighted by Crippen LogP contribution is -2.01. The quantitative estimate of drug-likeness (QED) is 0.457. The molecule has 0 saturated heterocycles. The lowest BCUT2D eigenvalue weighted by Gasteiger charge is -2.21. The van der Waals surface area contributed by atoms with Crippen LogP contribution in [0.2, 0.25) is 0 Å². The van der Waals surface area contributed by atoms with Gasteiger partial charge >= 0.3 is 0 Å². The Hall–Kier alpha value is -2.63. The van der Waals surface area contributed by atoms with E-state index in [4.69, 9.17) is 0 Å². The van der Waals surface area contributed by atoms with Crippen LogP contribution in [0.4, 0.5) is 0 Å². The topological polar surface area (TPSA) is 58.9 Å². The van der Waals surface area contributed by atoms with E-state index >= 15 is 0 Å². The highest BCUT2D eigenvalue weighted by Crippen LogP contribution is 2.34. The first kappa shape index (κ1) is 14.0. The molecule has 0 saturated carbocycles. The summed E-state index contributed by atoms with van der Waals surface area (Å²) in [5.74, 6) is 0. The zero-order valence-electron chi connectivity index (χ0n) is 12.4. The van der Waals surface area contributed by atoms with E-state index < -0.39 is 0 Å². The molecule has 4 nitrogen and oxygen atoms in total. The number of pyridine rings is 1. The fourth-order valence-corrected chi connectivity index (χ4v) is 3.31. The zero-order valence-corrected chi connectivity index (χ0v) is 13.2. The van der Waals surface area contributed by atoms with Crippen LogP contribution in [0, 0.1) is 13.0 Å². The van der Waals surface area contributed by atoms with Crippen LogP contribution < -0.4 is 0 Å². The predicted molar refractivity (Wildman–Crippen MR) is 89.9 cm³/mol. The van der Waals surface area contributed by atoms with Gasteiger partial charge in [0.1, 0.15) is 5.38 Å². The molecule has 0 bridgehead atoms. The van der Waals surface area contributed by atoms with Gasteiger partial charge in [0, 0.05) is 11.9 Å². The van der Waals surface area contributed by atoms with Crippen molar-refractivity contribution < 1.29 is 5.11 Å². The molecule has 5 heteroatoms. The average molecular weight is 319 g/mol. The molecule has 2 aliphatic rings. The van der Waals surface area contributed by atoms with Crippen molar-refractivity contribution in [3.05, 3.63) is 77.2 Å². The second kappa shape index (κ2) is 5.53. The summed E-state index contributed by atoms with van der Waals surface area (Å²) in [6.07, 6.45) is 5.35. The molecule has 1 aliphatic heterocycles. The maximum absolute atomic E-state index is 10.6. The predicted octanol–water partition coefficient (Wildman–Crippen LogP) is 4.03. The van der Waals surface area contributed by atoms with Gasteiger partial charge in [0.05, 0.1) is 0 Å². The molecular formula is C18H13N3OS-2. The van der Waals surface area contributed by atoms with Crippen molar-refractivity contribution in [2.75, 3.05) is 0 Å². The number of nitrogens with zero attached hydrogens (tertiary/aromatic N) is 3. The molecule has 0 aromatic carbocycles. The van der Waals surface area contributed by atoms with Gasteiger partial charge in [0.25, 0.3) is 0 Å². The number of aliphatic hydroxyl groups excluding tert-OH is 1. The summed E-state index contributed by atoms with van der Waals surface area (Å²) < 4.78 is 0. The van der Waals surface area contributed by atoms with E-state index in [1.54, 1.807) is 18.6 Å². The van der Waals surface area contributed by atoms with Gasteiger partial charge in [-0.05, 0) is 17.9 Å². The van der Waals surface area contributed by atoms with Gasteiger partial charge in [-0.15, -0.1) is 11.6 Å². The summed E-state index contributed by atoms with van der Waals surface area (Å²) in [7, 11) is 0. The van der Waals surface area contributed by atoms with Crippen LogP contribution in [-0.4, -0.2) is 20.1 Å². The molecule has 0 fully saturated rings. The van der Waals surface area contributed by atoms with Gasteiger partial charge in [-0.2, -0.15) is 23.3 Å². The third kappa shape index (κ3) is 2.50. The lowest BCUT2D eigenvalue weighted by molar-refractivity contribution is 0.353. The smallest absolute Gasteiger partial charge is 0.250 e. The largest absolute Gasteiger partial charge is 0.412 e. The molecule has 1 N–H and O–H groups in total. The molecule has 2 aromatic heterocycles. The van der Waals surface area contributed by atoms with Crippen molar-refractivity contribution in [2.45, 2.75) is 6.92 Å². The van der Waals surface area contributed by atoms with E-state index in [0.29, 0.717) is 11.3 Å². The van der Waals surface area contributed by atoms with E-state index in [-0.39, 0.29) is 6.10 Å². The van der Waals surface area contributed by atoms with E-state index in [9.17, 15) is 5.11 Å². The Morgan fingerprint density at radius 1 is 1.26 bits per heavy atom. The average Bonchev–Trinajstić information content (AvgIpc) is 3.22. The van der Waals surface area contributed by atoms with Crippen LogP contribution in [-0.2, 0) is 0 Å². The fraction of sp³-hybridized carbons (Fsp3) is 0.0556. The molecular weight excluding hydrogens is 306 g/mol. The van der Waals surface area contributed by atoms with Gasteiger partial charge in [0.15, 0.2) is 11.3 Å². The Labute approximate surface area is 137 Å². The van der Waals surface area contributed by atoms with Crippen LogP contribution >= 0.6 is 11.3 Å². The number of benzene rings is 1. The summed E-state index contributed by atoms with van der Waals surface area (Å²) in [6, 6.07) is 9.83. The first-order chi connectivity index (χ1) is 11.2. The second-order valence-corrected chi connectivity index (χ2v) is 6.18. The number of fused-ring (bicyclic) bond motifs is 1. The van der Waals surface area contributed by atoms with Gasteiger partial charge in [0.2, 0.25) is 5.01 Å². The molecule has 0 radical (unpaired) electrons. The van der Waals surface area contributed by atoms with Crippen molar-refractivity contribution in [1.82, 2.24) is 15.0 Å². The number of thiazole rings is 1.